The molecule has 3 aliphatic rings. The zero-order valence-corrected chi connectivity index (χ0v) is 26.3. The van der Waals surface area contributed by atoms with Gasteiger partial charge >= 0.3 is 0 Å². The van der Waals surface area contributed by atoms with Crippen molar-refractivity contribution in [1.29, 1.82) is 0 Å². The Hall–Kier alpha value is -4.18. The Bertz CT molecular complexity index is 1650. The number of nitrogens with one attached hydrogen (secondary N) is 2. The highest BCUT2D eigenvalue weighted by atomic mass is 19.1. The number of alkyl halides is 1. The fourth-order valence-electron chi connectivity index (χ4n) is 6.51. The summed E-state index contributed by atoms with van der Waals surface area (Å²) >= 11 is 0. The number of benzene rings is 2. The number of carbonyl (C=O) groups excluding carboxylic acids is 3. The van der Waals surface area contributed by atoms with Gasteiger partial charge in [-0.1, -0.05) is 36.4 Å². The number of nitrogens with zero attached hydrogens (tertiary/aromatic N) is 3. The largest absolute Gasteiger partial charge is 0.348 e. The standard InChI is InChI=1S/C36H41F2N5O3/c1-22(30-18-26(24-13-15-42(2)16-14-24)8-7-25(30)6-5-23-3-4-23)40-36(46)33-19-29(38)21-43(33)34(44)20-39-35(45)32-11-9-27-17-28(37)10-12-31(27)41-32/h5-12,17-18,22-24,29,33H,3-4,13-16,19-21H2,1-2H3,(H,39,45)(H,40,46)/b6-5+/t22-,29+,33-/m0/s1. The van der Waals surface area contributed by atoms with Crippen LogP contribution in [0.4, 0.5) is 8.78 Å². The first-order valence-corrected chi connectivity index (χ1v) is 16.2. The Labute approximate surface area is 268 Å². The summed E-state index contributed by atoms with van der Waals surface area (Å²) in [5.41, 5.74) is 3.82. The smallest absolute Gasteiger partial charge is 0.270 e. The third kappa shape index (κ3) is 7.44. The van der Waals surface area contributed by atoms with Crippen LogP contribution >= 0.6 is 0 Å². The highest BCUT2D eigenvalue weighted by Gasteiger charge is 2.40. The molecule has 242 valence electrons. The van der Waals surface area contributed by atoms with Gasteiger partial charge in [-0.2, -0.15) is 0 Å². The van der Waals surface area contributed by atoms with Crippen LogP contribution < -0.4 is 10.6 Å². The van der Waals surface area contributed by atoms with Gasteiger partial charge in [-0.15, -0.1) is 0 Å². The number of fused-ring (bicyclic) bond motifs is 1. The molecule has 1 aliphatic carbocycles. The lowest BCUT2D eigenvalue weighted by Crippen LogP contribution is -2.49. The van der Waals surface area contributed by atoms with Crippen LogP contribution in [0.5, 0.6) is 0 Å². The summed E-state index contributed by atoms with van der Waals surface area (Å²) in [6.45, 7) is 3.39. The summed E-state index contributed by atoms with van der Waals surface area (Å²) in [5.74, 6) is -0.917. The summed E-state index contributed by atoms with van der Waals surface area (Å²) in [6, 6.07) is 12.3. The van der Waals surface area contributed by atoms with Gasteiger partial charge in [-0.25, -0.2) is 13.8 Å². The molecule has 8 nitrogen and oxygen atoms in total. The van der Waals surface area contributed by atoms with E-state index >= 15 is 0 Å². The maximum atomic E-state index is 14.7. The van der Waals surface area contributed by atoms with E-state index in [-0.39, 0.29) is 24.7 Å². The monoisotopic (exact) mass is 629 g/mol. The van der Waals surface area contributed by atoms with Crippen LogP contribution in [0.1, 0.15) is 78.2 Å². The topological polar surface area (TPSA) is 94.6 Å². The average molecular weight is 630 g/mol. The molecule has 3 heterocycles. The van der Waals surface area contributed by atoms with Crippen LogP contribution in [0.3, 0.4) is 0 Å². The van der Waals surface area contributed by atoms with Gasteiger partial charge in [-0.05, 0) is 106 Å². The van der Waals surface area contributed by atoms with Crippen molar-refractivity contribution in [3.05, 3.63) is 82.8 Å². The van der Waals surface area contributed by atoms with Crippen molar-refractivity contribution in [3.8, 4) is 0 Å². The lowest BCUT2D eigenvalue weighted by molar-refractivity contribution is -0.138. The summed E-state index contributed by atoms with van der Waals surface area (Å²) in [5, 5.41) is 6.15. The zero-order chi connectivity index (χ0) is 32.4. The Morgan fingerprint density at radius 1 is 1.04 bits per heavy atom. The molecule has 1 saturated carbocycles. The minimum absolute atomic E-state index is 0.0637. The van der Waals surface area contributed by atoms with Gasteiger partial charge in [0.1, 0.15) is 23.7 Å². The third-order valence-corrected chi connectivity index (χ3v) is 9.45. The van der Waals surface area contributed by atoms with Gasteiger partial charge in [0.25, 0.3) is 5.91 Å². The van der Waals surface area contributed by atoms with E-state index in [4.69, 9.17) is 0 Å². The quantitative estimate of drug-likeness (QED) is 0.342. The molecule has 2 saturated heterocycles. The summed E-state index contributed by atoms with van der Waals surface area (Å²) in [6.07, 6.45) is 7.47. The number of piperidine rings is 1. The fraction of sp³-hybridized carbons (Fsp3) is 0.444. The predicted octanol–water partition coefficient (Wildman–Crippen LogP) is 5.15. The van der Waals surface area contributed by atoms with Crippen molar-refractivity contribution in [2.24, 2.45) is 5.92 Å². The maximum Gasteiger partial charge on any atom is 0.270 e. The van der Waals surface area contributed by atoms with E-state index in [0.29, 0.717) is 22.7 Å². The molecular formula is C36H41F2N5O3. The van der Waals surface area contributed by atoms with Gasteiger partial charge in [0.15, 0.2) is 0 Å². The SMILES string of the molecule is C[C@H](NC(=O)[C@@H]1C[C@@H](F)CN1C(=O)CNC(=O)c1ccc2cc(F)ccc2n1)c1cc(C2CCN(C)CC2)ccc1/C=C/C1CC1. The number of allylic oxidation sites excluding steroid dienone is 1. The van der Waals surface area contributed by atoms with E-state index in [1.807, 2.05) is 6.92 Å². The van der Waals surface area contributed by atoms with E-state index in [1.54, 1.807) is 6.07 Å². The normalized spacial score (nSPS) is 21.5. The zero-order valence-electron chi connectivity index (χ0n) is 26.3. The summed E-state index contributed by atoms with van der Waals surface area (Å²) < 4.78 is 28.2. The van der Waals surface area contributed by atoms with E-state index < -0.39 is 42.3 Å². The van der Waals surface area contributed by atoms with Crippen LogP contribution in [0, 0.1) is 11.7 Å². The van der Waals surface area contributed by atoms with E-state index in [0.717, 1.165) is 37.1 Å². The number of pyridine rings is 1. The Morgan fingerprint density at radius 2 is 1.83 bits per heavy atom. The Kier molecular flexibility index (Phi) is 9.44. The third-order valence-electron chi connectivity index (χ3n) is 9.45. The molecule has 0 spiro atoms. The summed E-state index contributed by atoms with van der Waals surface area (Å²) in [4.78, 5) is 47.3. The molecule has 3 aromatic rings. The first kappa shape index (κ1) is 31.8. The van der Waals surface area contributed by atoms with E-state index in [2.05, 4.69) is 57.9 Å². The molecule has 0 bridgehead atoms. The number of likely N-dealkylation sites (tertiary alicyclic amines) is 2. The number of halogens is 2. The van der Waals surface area contributed by atoms with Crippen molar-refractivity contribution in [2.45, 2.75) is 63.2 Å². The van der Waals surface area contributed by atoms with Gasteiger partial charge < -0.3 is 20.4 Å². The molecule has 2 aliphatic heterocycles. The Balaban J connectivity index is 1.12. The first-order chi connectivity index (χ1) is 22.1. The van der Waals surface area contributed by atoms with Crippen LogP contribution in [0.25, 0.3) is 17.0 Å². The molecule has 2 N–H and O–H groups in total. The number of aromatic nitrogens is 1. The lowest BCUT2D eigenvalue weighted by atomic mass is 9.86. The second-order valence-corrected chi connectivity index (χ2v) is 13.0. The maximum absolute atomic E-state index is 14.7. The second kappa shape index (κ2) is 13.7. The first-order valence-electron chi connectivity index (χ1n) is 16.2. The molecule has 6 rings (SSSR count). The lowest BCUT2D eigenvalue weighted by Gasteiger charge is -2.30. The number of amides is 3. The molecule has 0 radical (unpaired) electrons. The van der Waals surface area contributed by atoms with E-state index in [9.17, 15) is 23.2 Å². The molecule has 46 heavy (non-hydrogen) atoms. The highest BCUT2D eigenvalue weighted by molar-refractivity contribution is 5.97. The molecule has 3 fully saturated rings. The molecule has 1 aromatic heterocycles. The number of carbonyl (C=O) groups is 3. The molecule has 2 aromatic carbocycles. The molecular weight excluding hydrogens is 588 g/mol. The number of hydrogen-bond acceptors (Lipinski definition) is 5. The van der Waals surface area contributed by atoms with Gasteiger partial charge in [0, 0.05) is 11.8 Å². The van der Waals surface area contributed by atoms with E-state index in [1.165, 1.54) is 47.6 Å². The van der Waals surface area contributed by atoms with Crippen molar-refractivity contribution >= 4 is 34.7 Å². The van der Waals surface area contributed by atoms with Crippen LogP contribution in [-0.4, -0.2) is 77.9 Å². The van der Waals surface area contributed by atoms with Crippen LogP contribution in [0.2, 0.25) is 0 Å². The fourth-order valence-corrected chi connectivity index (χ4v) is 6.51. The van der Waals surface area contributed by atoms with Crippen molar-refractivity contribution in [3.63, 3.8) is 0 Å². The molecule has 0 unspecified atom stereocenters. The number of rotatable bonds is 9. The van der Waals surface area contributed by atoms with Gasteiger partial charge in [-0.3, -0.25) is 14.4 Å². The van der Waals surface area contributed by atoms with Gasteiger partial charge in [0.2, 0.25) is 11.8 Å². The highest BCUT2D eigenvalue weighted by Crippen LogP contribution is 2.34. The van der Waals surface area contributed by atoms with Crippen molar-refractivity contribution < 1.29 is 23.2 Å². The molecule has 10 heteroatoms. The molecule has 3 atom stereocenters. The average Bonchev–Trinajstić information content (AvgIpc) is 3.80. The van der Waals surface area contributed by atoms with Crippen LogP contribution in [0.15, 0.2) is 54.6 Å². The Morgan fingerprint density at radius 3 is 2.59 bits per heavy atom. The van der Waals surface area contributed by atoms with Gasteiger partial charge in [0.05, 0.1) is 24.6 Å². The minimum Gasteiger partial charge on any atom is -0.348 e. The minimum atomic E-state index is -1.35. The van der Waals surface area contributed by atoms with Crippen molar-refractivity contribution in [2.75, 3.05) is 33.2 Å². The summed E-state index contributed by atoms with van der Waals surface area (Å²) in [7, 11) is 2.14. The predicted molar refractivity (Wildman–Crippen MR) is 173 cm³/mol. The number of hydrogen-bond donors (Lipinski definition) is 2. The van der Waals surface area contributed by atoms with Crippen molar-refractivity contribution in [1.82, 2.24) is 25.4 Å². The molecule has 3 amide bonds. The van der Waals surface area contributed by atoms with Crippen LogP contribution in [-0.2, 0) is 9.59 Å². The second-order valence-electron chi connectivity index (χ2n) is 13.0.